The van der Waals surface area contributed by atoms with E-state index in [0.29, 0.717) is 17.4 Å². The molecule has 8 N–H and O–H groups in total. The fourth-order valence-corrected chi connectivity index (χ4v) is 5.38. The van der Waals surface area contributed by atoms with Gasteiger partial charge in [0.15, 0.2) is 17.9 Å². The number of nitrogens with two attached hydrogens (primary N) is 2. The maximum atomic E-state index is 13.2. The summed E-state index contributed by atoms with van der Waals surface area (Å²) in [7, 11) is -3.20. The molecule has 1 saturated heterocycles. The Kier molecular flexibility index (Phi) is 10.5. The summed E-state index contributed by atoms with van der Waals surface area (Å²) >= 11 is 0.950. The van der Waals surface area contributed by atoms with E-state index in [2.05, 4.69) is 19.7 Å². The second-order valence-corrected chi connectivity index (χ2v) is 12.7. The van der Waals surface area contributed by atoms with Crippen LogP contribution in [0.1, 0.15) is 19.5 Å². The number of β-lactam (4-membered cyclic amide) rings is 1. The maximum absolute atomic E-state index is 13.2. The molecular weight excluding hydrogens is 664 g/mol. The van der Waals surface area contributed by atoms with Crippen molar-refractivity contribution in [1.29, 1.82) is 0 Å². The summed E-state index contributed by atoms with van der Waals surface area (Å²) in [5.74, 6) is -3.19. The number of aromatic nitrogens is 3. The standard InChI is InChI=1S/C26H32N8O11S2/c1-26(2)21(23(37)34(26)45-47(40,41)42)30-22(36)20(18-13-46-25(28)29-18)31-44-19(24(38)39)12-43-17-6-4-14(5-7-17)15-9-32(3)33(10-15)11-16(35)8-27/h4-7,9-10,13,16,19,21,35H,8,11-12,27H2,1-3H3,(H4-,28,29,30,36,38,39,40,41,42)/p+1/b31-20-/t16?,19-,21+/m0/s1. The number of nitrogens with zero attached hydrogens (tertiary/aromatic N) is 5. The highest BCUT2D eigenvalue weighted by atomic mass is 32.3. The van der Waals surface area contributed by atoms with Crippen LogP contribution in [0.3, 0.4) is 0 Å². The molecule has 3 heterocycles. The molecule has 1 aliphatic heterocycles. The molecule has 21 heteroatoms. The Bertz CT molecular complexity index is 1770. The van der Waals surface area contributed by atoms with Crippen molar-refractivity contribution in [3.05, 3.63) is 47.7 Å². The van der Waals surface area contributed by atoms with Crippen LogP contribution in [-0.2, 0) is 47.5 Å². The highest BCUT2D eigenvalue weighted by Crippen LogP contribution is 2.33. The minimum atomic E-state index is -5.02. The number of nitrogen functional groups attached to an aromatic ring is 1. The number of aliphatic hydroxyl groups is 1. The number of thiazole rings is 1. The number of amides is 2. The number of nitrogens with one attached hydrogen (secondary N) is 1. The van der Waals surface area contributed by atoms with Crippen LogP contribution in [0.2, 0.25) is 0 Å². The number of aryl methyl sites for hydroxylation is 1. The Morgan fingerprint density at radius 3 is 2.49 bits per heavy atom. The Balaban J connectivity index is 1.44. The number of aliphatic hydroxyl groups excluding tert-OH is 1. The lowest BCUT2D eigenvalue weighted by atomic mass is 9.84. The van der Waals surface area contributed by atoms with Crippen molar-refractivity contribution < 1.29 is 56.1 Å². The third-order valence-electron chi connectivity index (χ3n) is 6.93. The summed E-state index contributed by atoms with van der Waals surface area (Å²) in [6, 6.07) is 5.41. The van der Waals surface area contributed by atoms with Crippen molar-refractivity contribution in [1.82, 2.24) is 20.0 Å². The van der Waals surface area contributed by atoms with Gasteiger partial charge in [-0.15, -0.1) is 20.3 Å². The second-order valence-electron chi connectivity index (χ2n) is 10.8. The fraction of sp³-hybridized carbons (Fsp3) is 0.385. The van der Waals surface area contributed by atoms with Gasteiger partial charge in [0.1, 0.15) is 30.6 Å². The first kappa shape index (κ1) is 35.2. The molecule has 19 nitrogen and oxygen atoms in total. The summed E-state index contributed by atoms with van der Waals surface area (Å²) in [4.78, 5) is 46.8. The van der Waals surface area contributed by atoms with E-state index in [1.807, 2.05) is 19.4 Å². The molecule has 0 bridgehead atoms. The minimum absolute atomic E-state index is 0.0494. The third kappa shape index (κ3) is 8.38. The molecule has 3 atom stereocenters. The van der Waals surface area contributed by atoms with E-state index in [4.69, 9.17) is 25.6 Å². The Hall–Kier alpha value is -4.67. The van der Waals surface area contributed by atoms with Crippen molar-refractivity contribution >= 4 is 50.4 Å². The normalized spacial score (nSPS) is 17.5. The van der Waals surface area contributed by atoms with Crippen LogP contribution in [0.5, 0.6) is 5.75 Å². The van der Waals surface area contributed by atoms with Gasteiger partial charge in [-0.05, 0) is 31.5 Å². The SMILES string of the molecule is C[n+]1cc(-c2ccc(OC[C@H](O/N=C(\C(=O)N[C@@H]3C(=O)N(OS(=O)(=O)O)C3(C)C)c3csc(N)n3)C(=O)O)cc2)cn1CC(O)CN. The lowest BCUT2D eigenvalue weighted by molar-refractivity contribution is -0.754. The van der Waals surface area contributed by atoms with Gasteiger partial charge < -0.3 is 36.6 Å². The monoisotopic (exact) mass is 697 g/mol. The van der Waals surface area contributed by atoms with Gasteiger partial charge in [-0.25, -0.2) is 9.78 Å². The first-order valence-corrected chi connectivity index (χ1v) is 15.9. The number of carbonyl (C=O) groups is 3. The molecular formula is C26H33N8O11S2+. The molecule has 2 aromatic heterocycles. The predicted octanol–water partition coefficient (Wildman–Crippen LogP) is -1.57. The number of ether oxygens (including phenoxy) is 1. The first-order chi connectivity index (χ1) is 22.0. The third-order valence-corrected chi connectivity index (χ3v) is 7.94. The van der Waals surface area contributed by atoms with E-state index >= 15 is 0 Å². The molecule has 2 amide bonds. The van der Waals surface area contributed by atoms with Crippen molar-refractivity contribution in [2.45, 2.75) is 44.2 Å². The summed E-state index contributed by atoms with van der Waals surface area (Å²) in [6.07, 6.45) is 1.31. The summed E-state index contributed by atoms with van der Waals surface area (Å²) in [5, 5.41) is 27.4. The maximum Gasteiger partial charge on any atom is 0.418 e. The van der Waals surface area contributed by atoms with E-state index < -0.39 is 64.3 Å². The van der Waals surface area contributed by atoms with E-state index in [0.717, 1.165) is 22.5 Å². The number of carbonyl (C=O) groups excluding carboxylic acids is 2. The van der Waals surface area contributed by atoms with Crippen LogP contribution in [0.25, 0.3) is 11.1 Å². The molecule has 47 heavy (non-hydrogen) atoms. The average Bonchev–Trinajstić information content (AvgIpc) is 3.60. The van der Waals surface area contributed by atoms with Gasteiger partial charge in [0.2, 0.25) is 6.20 Å². The Labute approximate surface area is 271 Å². The van der Waals surface area contributed by atoms with E-state index in [1.54, 1.807) is 33.6 Å². The number of anilines is 1. The molecule has 1 aliphatic rings. The fourth-order valence-electron chi connectivity index (χ4n) is 4.38. The highest BCUT2D eigenvalue weighted by Gasteiger charge is 2.58. The van der Waals surface area contributed by atoms with Crippen molar-refractivity contribution in [3.63, 3.8) is 0 Å². The first-order valence-electron chi connectivity index (χ1n) is 13.7. The molecule has 0 saturated carbocycles. The van der Waals surface area contributed by atoms with Crippen LogP contribution < -0.4 is 26.2 Å². The zero-order valence-corrected chi connectivity index (χ0v) is 26.8. The molecule has 3 aromatic rings. The van der Waals surface area contributed by atoms with E-state index in [1.165, 1.54) is 19.2 Å². The predicted molar refractivity (Wildman–Crippen MR) is 163 cm³/mol. The second kappa shape index (κ2) is 14.0. The highest BCUT2D eigenvalue weighted by molar-refractivity contribution is 7.80. The molecule has 0 spiro atoms. The molecule has 254 valence electrons. The van der Waals surface area contributed by atoms with Gasteiger partial charge in [0.25, 0.3) is 17.9 Å². The van der Waals surface area contributed by atoms with Crippen LogP contribution in [0.15, 0.2) is 47.2 Å². The summed E-state index contributed by atoms with van der Waals surface area (Å²) < 4.78 is 44.6. The molecule has 1 fully saturated rings. The largest absolute Gasteiger partial charge is 0.489 e. The number of oxime groups is 1. The summed E-state index contributed by atoms with van der Waals surface area (Å²) in [6.45, 7) is 2.62. The van der Waals surface area contributed by atoms with Crippen molar-refractivity contribution in [2.75, 3.05) is 18.9 Å². The van der Waals surface area contributed by atoms with Crippen LogP contribution in [0, 0.1) is 0 Å². The topological polar surface area (TPSA) is 275 Å². The van der Waals surface area contributed by atoms with E-state index in [9.17, 15) is 33.0 Å². The quantitative estimate of drug-likeness (QED) is 0.0344. The number of rotatable bonds is 15. The lowest BCUT2D eigenvalue weighted by Gasteiger charge is -2.50. The number of carboxylic acid groups (broad SMARTS) is 1. The van der Waals surface area contributed by atoms with Crippen LogP contribution >= 0.6 is 11.3 Å². The zero-order chi connectivity index (χ0) is 34.7. The molecule has 0 radical (unpaired) electrons. The minimum Gasteiger partial charge on any atom is -0.489 e. The lowest BCUT2D eigenvalue weighted by Crippen LogP contribution is -2.76. The number of benzene rings is 1. The van der Waals surface area contributed by atoms with Gasteiger partial charge in [0, 0.05) is 11.9 Å². The summed E-state index contributed by atoms with van der Waals surface area (Å²) in [5.41, 5.74) is 10.8. The number of aliphatic carboxylic acids is 1. The zero-order valence-electron chi connectivity index (χ0n) is 25.2. The van der Waals surface area contributed by atoms with Crippen molar-refractivity contribution in [2.24, 2.45) is 17.9 Å². The number of hydrogen-bond donors (Lipinski definition) is 6. The van der Waals surface area contributed by atoms with Gasteiger partial charge in [-0.3, -0.25) is 14.1 Å². The molecule has 1 aromatic carbocycles. The molecule has 1 unspecified atom stereocenters. The van der Waals surface area contributed by atoms with Crippen LogP contribution in [0.4, 0.5) is 5.13 Å². The van der Waals surface area contributed by atoms with Crippen LogP contribution in [-0.4, -0.2) is 98.3 Å². The Morgan fingerprint density at radius 2 is 1.94 bits per heavy atom. The van der Waals surface area contributed by atoms with E-state index in [-0.39, 0.29) is 17.4 Å². The Morgan fingerprint density at radius 1 is 1.26 bits per heavy atom. The van der Waals surface area contributed by atoms with Crippen molar-refractivity contribution in [3.8, 4) is 16.9 Å². The number of hydroxylamine groups is 2. The average molecular weight is 698 g/mol. The molecule has 4 rings (SSSR count). The number of carboxylic acids is 1. The van der Waals surface area contributed by atoms with Gasteiger partial charge in [0.05, 0.1) is 23.4 Å². The van der Waals surface area contributed by atoms with Gasteiger partial charge >= 0.3 is 16.4 Å². The van der Waals surface area contributed by atoms with Gasteiger partial charge in [-0.2, -0.15) is 18.2 Å². The number of hydrogen-bond acceptors (Lipinski definition) is 14. The smallest absolute Gasteiger partial charge is 0.418 e. The molecule has 0 aliphatic carbocycles. The van der Waals surface area contributed by atoms with Gasteiger partial charge in [-0.1, -0.05) is 17.3 Å².